The third kappa shape index (κ3) is 4.32. The van der Waals surface area contributed by atoms with Crippen LogP contribution in [0, 0.1) is 17.6 Å². The molecule has 1 aliphatic carbocycles. The average molecular weight is 450 g/mol. The van der Waals surface area contributed by atoms with Gasteiger partial charge in [0.1, 0.15) is 18.2 Å². The molecule has 0 radical (unpaired) electrons. The minimum Gasteiger partial charge on any atom is -0.333 e. The van der Waals surface area contributed by atoms with Crippen LogP contribution >= 0.6 is 0 Å². The second kappa shape index (κ2) is 8.89. The molecule has 33 heavy (non-hydrogen) atoms. The van der Waals surface area contributed by atoms with Gasteiger partial charge in [-0.3, -0.25) is 9.59 Å². The average Bonchev–Trinajstić information content (AvgIpc) is 3.40. The highest BCUT2D eigenvalue weighted by Gasteiger charge is 2.44. The van der Waals surface area contributed by atoms with Crippen molar-refractivity contribution in [3.8, 4) is 0 Å². The van der Waals surface area contributed by atoms with Crippen molar-refractivity contribution in [2.45, 2.75) is 38.1 Å². The summed E-state index contributed by atoms with van der Waals surface area (Å²) in [7, 11) is 0. The van der Waals surface area contributed by atoms with Crippen molar-refractivity contribution >= 4 is 23.6 Å². The SMILES string of the molecule is O=C1CCCN1CC(=O)N1N=C2/C(=C\c3ccc(F)cc3)CCCC2C1c1ccc(F)cc1. The second-order valence-corrected chi connectivity index (χ2v) is 8.86. The summed E-state index contributed by atoms with van der Waals surface area (Å²) in [6.07, 6.45) is 5.83. The lowest BCUT2D eigenvalue weighted by Crippen LogP contribution is -2.40. The van der Waals surface area contributed by atoms with Crippen molar-refractivity contribution in [1.29, 1.82) is 0 Å². The maximum Gasteiger partial charge on any atom is 0.262 e. The van der Waals surface area contributed by atoms with Crippen molar-refractivity contribution in [2.75, 3.05) is 13.1 Å². The van der Waals surface area contributed by atoms with E-state index in [9.17, 15) is 18.4 Å². The van der Waals surface area contributed by atoms with Gasteiger partial charge in [0.15, 0.2) is 0 Å². The lowest BCUT2D eigenvalue weighted by atomic mass is 9.77. The van der Waals surface area contributed by atoms with Crippen LogP contribution in [0.25, 0.3) is 6.08 Å². The van der Waals surface area contributed by atoms with E-state index in [0.29, 0.717) is 13.0 Å². The predicted molar refractivity (Wildman–Crippen MR) is 121 cm³/mol. The standard InChI is InChI=1S/C26H25F2N3O2/c27-20-10-6-17(7-11-20)15-19-3-1-4-22-25(19)29-31(24(33)16-30-14-2-5-23(30)32)26(22)18-8-12-21(28)13-9-18/h6-13,15,22,26H,1-5,14,16H2/b19-15-. The van der Waals surface area contributed by atoms with Crippen LogP contribution in [0.15, 0.2) is 59.2 Å². The molecule has 2 amide bonds. The highest BCUT2D eigenvalue weighted by molar-refractivity contribution is 6.08. The van der Waals surface area contributed by atoms with Crippen LogP contribution in [0.3, 0.4) is 0 Å². The van der Waals surface area contributed by atoms with Crippen molar-refractivity contribution in [3.63, 3.8) is 0 Å². The van der Waals surface area contributed by atoms with E-state index in [-0.39, 0.29) is 42.0 Å². The van der Waals surface area contributed by atoms with Crippen LogP contribution in [0.2, 0.25) is 0 Å². The molecule has 2 unspecified atom stereocenters. The molecule has 2 aliphatic heterocycles. The van der Waals surface area contributed by atoms with Gasteiger partial charge >= 0.3 is 0 Å². The summed E-state index contributed by atoms with van der Waals surface area (Å²) in [5.74, 6) is -0.889. The molecular formula is C26H25F2N3O2. The van der Waals surface area contributed by atoms with Crippen LogP contribution in [0.4, 0.5) is 8.78 Å². The quantitative estimate of drug-likeness (QED) is 0.679. The van der Waals surface area contributed by atoms with Crippen molar-refractivity contribution in [2.24, 2.45) is 11.0 Å². The van der Waals surface area contributed by atoms with Gasteiger partial charge in [0.25, 0.3) is 5.91 Å². The summed E-state index contributed by atoms with van der Waals surface area (Å²) in [5, 5.41) is 6.28. The lowest BCUT2D eigenvalue weighted by molar-refractivity contribution is -0.140. The van der Waals surface area contributed by atoms with Gasteiger partial charge in [-0.15, -0.1) is 0 Å². The number of rotatable bonds is 4. The van der Waals surface area contributed by atoms with Crippen LogP contribution in [0.5, 0.6) is 0 Å². The minimum atomic E-state index is -0.345. The molecule has 7 heteroatoms. The topological polar surface area (TPSA) is 53.0 Å². The number of hydrogen-bond donors (Lipinski definition) is 0. The Morgan fingerprint density at radius 3 is 2.36 bits per heavy atom. The van der Waals surface area contributed by atoms with Gasteiger partial charge in [-0.2, -0.15) is 5.10 Å². The third-order valence-electron chi connectivity index (χ3n) is 6.68. The fraction of sp³-hybridized carbons (Fsp3) is 0.346. The molecule has 0 bridgehead atoms. The summed E-state index contributed by atoms with van der Waals surface area (Å²) in [4.78, 5) is 27.0. The van der Waals surface area contributed by atoms with Crippen molar-refractivity contribution in [3.05, 3.63) is 76.9 Å². The normalized spacial score (nSPS) is 23.8. The molecule has 2 aromatic rings. The molecule has 0 aromatic heterocycles. The van der Waals surface area contributed by atoms with Crippen molar-refractivity contribution < 1.29 is 18.4 Å². The molecule has 0 spiro atoms. The zero-order chi connectivity index (χ0) is 22.9. The summed E-state index contributed by atoms with van der Waals surface area (Å²) < 4.78 is 27.0. The number of nitrogens with zero attached hydrogens (tertiary/aromatic N) is 3. The molecule has 0 N–H and O–H groups in total. The zero-order valence-electron chi connectivity index (χ0n) is 18.2. The van der Waals surface area contributed by atoms with E-state index < -0.39 is 0 Å². The number of carbonyl (C=O) groups excluding carboxylic acids is 2. The highest BCUT2D eigenvalue weighted by Crippen LogP contribution is 2.44. The van der Waals surface area contributed by atoms with Gasteiger partial charge in [0.05, 0.1) is 11.8 Å². The molecule has 3 aliphatic rings. The number of carbonyl (C=O) groups is 2. The first-order chi connectivity index (χ1) is 16.0. The van der Waals surface area contributed by atoms with Gasteiger partial charge < -0.3 is 4.90 Å². The number of likely N-dealkylation sites (tertiary alicyclic amines) is 1. The molecule has 1 saturated carbocycles. The second-order valence-electron chi connectivity index (χ2n) is 8.86. The number of benzene rings is 2. The van der Waals surface area contributed by atoms with E-state index in [1.165, 1.54) is 29.3 Å². The lowest BCUT2D eigenvalue weighted by Gasteiger charge is -2.30. The largest absolute Gasteiger partial charge is 0.333 e. The maximum atomic E-state index is 13.6. The Kier molecular flexibility index (Phi) is 5.79. The Morgan fingerprint density at radius 2 is 1.70 bits per heavy atom. The smallest absolute Gasteiger partial charge is 0.262 e. The summed E-state index contributed by atoms with van der Waals surface area (Å²) in [5.41, 5.74) is 3.57. The van der Waals surface area contributed by atoms with E-state index >= 15 is 0 Å². The Labute approximate surface area is 191 Å². The fourth-order valence-electron chi connectivity index (χ4n) is 5.07. The number of hydrogen-bond acceptors (Lipinski definition) is 3. The highest BCUT2D eigenvalue weighted by atomic mass is 19.1. The number of allylic oxidation sites excluding steroid dienone is 1. The molecule has 2 heterocycles. The number of amides is 2. The monoisotopic (exact) mass is 449 g/mol. The molecule has 1 saturated heterocycles. The van der Waals surface area contributed by atoms with Crippen LogP contribution in [-0.4, -0.2) is 40.5 Å². The molecule has 2 fully saturated rings. The zero-order valence-corrected chi connectivity index (χ0v) is 18.2. The molecule has 170 valence electrons. The van der Waals surface area contributed by atoms with Crippen LogP contribution in [0.1, 0.15) is 49.3 Å². The van der Waals surface area contributed by atoms with Gasteiger partial charge in [-0.25, -0.2) is 13.8 Å². The summed E-state index contributed by atoms with van der Waals surface area (Å²) in [6, 6.07) is 12.2. The van der Waals surface area contributed by atoms with Crippen LogP contribution in [-0.2, 0) is 9.59 Å². The van der Waals surface area contributed by atoms with E-state index in [0.717, 1.165) is 48.1 Å². The maximum absolute atomic E-state index is 13.6. The number of halogens is 2. The van der Waals surface area contributed by atoms with Crippen molar-refractivity contribution in [1.82, 2.24) is 9.91 Å². The molecular weight excluding hydrogens is 424 g/mol. The van der Waals surface area contributed by atoms with E-state index in [4.69, 9.17) is 5.10 Å². The fourth-order valence-corrected chi connectivity index (χ4v) is 5.07. The Morgan fingerprint density at radius 1 is 1.00 bits per heavy atom. The third-order valence-corrected chi connectivity index (χ3v) is 6.68. The first kappa shape index (κ1) is 21.5. The Bertz CT molecular complexity index is 1130. The van der Waals surface area contributed by atoms with E-state index in [1.807, 2.05) is 6.08 Å². The van der Waals surface area contributed by atoms with Gasteiger partial charge in [-0.05, 0) is 72.7 Å². The van der Waals surface area contributed by atoms with Crippen LogP contribution < -0.4 is 0 Å². The predicted octanol–water partition coefficient (Wildman–Crippen LogP) is 4.71. The van der Waals surface area contributed by atoms with Gasteiger partial charge in [0, 0.05) is 18.9 Å². The Hall–Kier alpha value is -3.35. The number of fused-ring (bicyclic) bond motifs is 1. The summed E-state index contributed by atoms with van der Waals surface area (Å²) in [6.45, 7) is 0.576. The molecule has 2 aromatic carbocycles. The first-order valence-electron chi connectivity index (χ1n) is 11.4. The molecule has 5 rings (SSSR count). The molecule has 5 nitrogen and oxygen atoms in total. The first-order valence-corrected chi connectivity index (χ1v) is 11.4. The summed E-state index contributed by atoms with van der Waals surface area (Å²) >= 11 is 0. The molecule has 2 atom stereocenters. The van der Waals surface area contributed by atoms with E-state index in [1.54, 1.807) is 29.2 Å². The van der Waals surface area contributed by atoms with E-state index in [2.05, 4.69) is 0 Å². The minimum absolute atomic E-state index is 0.00294. The Balaban J connectivity index is 1.50. The van der Waals surface area contributed by atoms with Gasteiger partial charge in [-0.1, -0.05) is 24.3 Å². The number of hydrazone groups is 1. The van der Waals surface area contributed by atoms with Gasteiger partial charge in [0.2, 0.25) is 5.91 Å².